The SMILES string of the molecule is C=CCNC(=O)[C@]1(CCS(=O)(=O)c2ccccc2)N=C(c2ccc(OCCCO)cc2)O[C@@H]1c1ccc(Br)cc1. The van der Waals surface area contributed by atoms with Crippen molar-refractivity contribution in [1.29, 1.82) is 0 Å². The monoisotopic (exact) mass is 626 g/mol. The van der Waals surface area contributed by atoms with Crippen LogP contribution in [0.4, 0.5) is 0 Å². The van der Waals surface area contributed by atoms with Crippen LogP contribution in [0.2, 0.25) is 0 Å². The van der Waals surface area contributed by atoms with Gasteiger partial charge in [-0.05, 0) is 54.1 Å². The van der Waals surface area contributed by atoms with E-state index in [1.165, 1.54) is 12.1 Å². The van der Waals surface area contributed by atoms with Gasteiger partial charge in [0.15, 0.2) is 21.5 Å². The number of carbonyl (C=O) groups excluding carboxylic acids is 1. The molecule has 0 unspecified atom stereocenters. The molecule has 4 rings (SSSR count). The van der Waals surface area contributed by atoms with Crippen molar-refractivity contribution >= 4 is 37.6 Å². The molecule has 2 atom stereocenters. The highest BCUT2D eigenvalue weighted by molar-refractivity contribution is 9.10. The molecule has 0 saturated heterocycles. The number of nitrogens with one attached hydrogen (secondary N) is 1. The van der Waals surface area contributed by atoms with Gasteiger partial charge in [-0.15, -0.1) is 6.58 Å². The molecule has 0 aromatic heterocycles. The van der Waals surface area contributed by atoms with Crippen LogP contribution in [0, 0.1) is 0 Å². The zero-order valence-electron chi connectivity index (χ0n) is 21.8. The quantitative estimate of drug-likeness (QED) is 0.211. The molecule has 3 aromatic carbocycles. The highest BCUT2D eigenvalue weighted by Gasteiger charge is 2.53. The van der Waals surface area contributed by atoms with Gasteiger partial charge in [-0.2, -0.15) is 0 Å². The van der Waals surface area contributed by atoms with Gasteiger partial charge in [0.05, 0.1) is 17.3 Å². The molecular formula is C30H31BrN2O6S. The largest absolute Gasteiger partial charge is 0.494 e. The van der Waals surface area contributed by atoms with Gasteiger partial charge in [0, 0.05) is 36.0 Å². The molecule has 0 spiro atoms. The second kappa shape index (κ2) is 13.3. The molecule has 1 aliphatic rings. The molecule has 0 bridgehead atoms. The maximum absolute atomic E-state index is 13.8. The van der Waals surface area contributed by atoms with Crippen molar-refractivity contribution in [3.63, 3.8) is 0 Å². The summed E-state index contributed by atoms with van der Waals surface area (Å²) in [5, 5.41) is 11.8. The molecule has 1 amide bonds. The number of aliphatic hydroxyl groups is 1. The fourth-order valence-corrected chi connectivity index (χ4v) is 6.01. The minimum absolute atomic E-state index is 0.0379. The average molecular weight is 628 g/mol. The van der Waals surface area contributed by atoms with Crippen molar-refractivity contribution in [2.75, 3.05) is 25.5 Å². The van der Waals surface area contributed by atoms with Crippen LogP contribution in [0.1, 0.15) is 30.1 Å². The van der Waals surface area contributed by atoms with E-state index in [-0.39, 0.29) is 36.1 Å². The summed E-state index contributed by atoms with van der Waals surface area (Å²) in [6.07, 6.45) is 1.07. The number of hydrogen-bond acceptors (Lipinski definition) is 7. The van der Waals surface area contributed by atoms with E-state index >= 15 is 0 Å². The summed E-state index contributed by atoms with van der Waals surface area (Å²) in [5.74, 6) is 0.0657. The van der Waals surface area contributed by atoms with E-state index < -0.39 is 27.4 Å². The van der Waals surface area contributed by atoms with Gasteiger partial charge >= 0.3 is 0 Å². The van der Waals surface area contributed by atoms with Crippen LogP contribution in [0.3, 0.4) is 0 Å². The number of amides is 1. The molecule has 3 aromatic rings. The van der Waals surface area contributed by atoms with Crippen LogP contribution >= 0.6 is 15.9 Å². The molecule has 0 saturated carbocycles. The minimum Gasteiger partial charge on any atom is -0.494 e. The summed E-state index contributed by atoms with van der Waals surface area (Å²) in [6.45, 7) is 4.28. The van der Waals surface area contributed by atoms with Crippen LogP contribution < -0.4 is 10.1 Å². The van der Waals surface area contributed by atoms with E-state index in [4.69, 9.17) is 19.6 Å². The average Bonchev–Trinajstić information content (AvgIpc) is 3.37. The number of benzene rings is 3. The van der Waals surface area contributed by atoms with E-state index in [0.717, 1.165) is 4.47 Å². The van der Waals surface area contributed by atoms with Crippen molar-refractivity contribution in [2.24, 2.45) is 4.99 Å². The fourth-order valence-electron chi connectivity index (χ4n) is 4.36. The summed E-state index contributed by atoms with van der Waals surface area (Å²) < 4.78 is 39.4. The second-order valence-electron chi connectivity index (χ2n) is 9.22. The maximum Gasteiger partial charge on any atom is 0.252 e. The Morgan fingerprint density at radius 2 is 1.80 bits per heavy atom. The predicted molar refractivity (Wildman–Crippen MR) is 157 cm³/mol. The standard InChI is InChI=1S/C30H31BrN2O6S/c1-2-18-32-29(35)30(17-21-40(36,37)26-7-4-3-5-8-26)27(22-9-13-24(31)14-10-22)39-28(33-30)23-11-15-25(16-12-23)38-20-6-19-34/h2-5,7-16,27,34H,1,6,17-21H2,(H,32,35)/t27-,30-/m1/s1. The summed E-state index contributed by atoms with van der Waals surface area (Å²) in [4.78, 5) is 18.8. The molecule has 2 N–H and O–H groups in total. The molecule has 0 fully saturated rings. The Morgan fingerprint density at radius 1 is 1.10 bits per heavy atom. The number of hydrogen-bond donors (Lipinski definition) is 2. The van der Waals surface area contributed by atoms with E-state index in [9.17, 15) is 13.2 Å². The lowest BCUT2D eigenvalue weighted by atomic mass is 9.85. The van der Waals surface area contributed by atoms with Crippen LogP contribution in [0.25, 0.3) is 0 Å². The third kappa shape index (κ3) is 6.80. The Labute approximate surface area is 242 Å². The van der Waals surface area contributed by atoms with E-state index in [1.54, 1.807) is 48.5 Å². The normalized spacial score (nSPS) is 18.4. The topological polar surface area (TPSA) is 114 Å². The number of sulfone groups is 1. The van der Waals surface area contributed by atoms with Gasteiger partial charge in [-0.25, -0.2) is 13.4 Å². The van der Waals surface area contributed by atoms with Crippen molar-refractivity contribution in [1.82, 2.24) is 5.32 Å². The third-order valence-corrected chi connectivity index (χ3v) is 8.72. The molecule has 1 heterocycles. The molecule has 10 heteroatoms. The lowest BCUT2D eigenvalue weighted by Crippen LogP contribution is -2.49. The number of carbonyl (C=O) groups is 1. The summed E-state index contributed by atoms with van der Waals surface area (Å²) in [5.41, 5.74) is -0.276. The lowest BCUT2D eigenvalue weighted by Gasteiger charge is -2.30. The Bertz CT molecular complexity index is 1440. The number of halogens is 1. The number of ether oxygens (including phenoxy) is 2. The van der Waals surface area contributed by atoms with Gasteiger partial charge < -0.3 is 19.9 Å². The van der Waals surface area contributed by atoms with E-state index in [1.807, 2.05) is 24.3 Å². The van der Waals surface area contributed by atoms with Crippen LogP contribution in [0.15, 0.2) is 106 Å². The Balaban J connectivity index is 1.74. The Kier molecular flexibility index (Phi) is 9.78. The van der Waals surface area contributed by atoms with E-state index in [0.29, 0.717) is 29.9 Å². The first kappa shape index (κ1) is 29.5. The predicted octanol–water partition coefficient (Wildman–Crippen LogP) is 4.63. The van der Waals surface area contributed by atoms with Gasteiger partial charge in [-0.3, -0.25) is 4.79 Å². The number of aliphatic imine (C=N–C) groups is 1. The van der Waals surface area contributed by atoms with Crippen molar-refractivity contribution in [3.05, 3.63) is 107 Å². The highest BCUT2D eigenvalue weighted by atomic mass is 79.9. The smallest absolute Gasteiger partial charge is 0.252 e. The molecule has 0 radical (unpaired) electrons. The van der Waals surface area contributed by atoms with Crippen LogP contribution in [0.5, 0.6) is 5.75 Å². The first-order valence-electron chi connectivity index (χ1n) is 12.8. The molecule has 8 nitrogen and oxygen atoms in total. The van der Waals surface area contributed by atoms with Crippen molar-refractivity contribution in [3.8, 4) is 5.75 Å². The molecule has 210 valence electrons. The Morgan fingerprint density at radius 3 is 2.45 bits per heavy atom. The number of aliphatic hydroxyl groups excluding tert-OH is 1. The molecular weight excluding hydrogens is 596 g/mol. The number of rotatable bonds is 13. The van der Waals surface area contributed by atoms with Gasteiger partial charge in [0.1, 0.15) is 5.75 Å². The van der Waals surface area contributed by atoms with E-state index in [2.05, 4.69) is 27.8 Å². The Hall–Kier alpha value is -3.47. The fraction of sp³-hybridized carbons (Fsp3) is 0.267. The van der Waals surface area contributed by atoms with Gasteiger partial charge in [0.25, 0.3) is 5.91 Å². The number of nitrogens with zero attached hydrogens (tertiary/aromatic N) is 1. The maximum atomic E-state index is 13.8. The van der Waals surface area contributed by atoms with Crippen molar-refractivity contribution in [2.45, 2.75) is 29.4 Å². The van der Waals surface area contributed by atoms with Crippen LogP contribution in [-0.2, 0) is 19.4 Å². The first-order chi connectivity index (χ1) is 19.3. The minimum atomic E-state index is -3.72. The molecule has 1 aliphatic heterocycles. The molecule has 0 aliphatic carbocycles. The zero-order chi connectivity index (χ0) is 28.6. The van der Waals surface area contributed by atoms with Gasteiger partial charge in [0.2, 0.25) is 5.90 Å². The highest BCUT2D eigenvalue weighted by Crippen LogP contribution is 2.43. The lowest BCUT2D eigenvalue weighted by molar-refractivity contribution is -0.128. The van der Waals surface area contributed by atoms with Crippen molar-refractivity contribution < 1.29 is 27.8 Å². The second-order valence-corrected chi connectivity index (χ2v) is 12.2. The summed E-state index contributed by atoms with van der Waals surface area (Å²) in [7, 11) is -3.72. The molecule has 40 heavy (non-hydrogen) atoms. The van der Waals surface area contributed by atoms with Gasteiger partial charge in [-0.1, -0.05) is 52.3 Å². The first-order valence-corrected chi connectivity index (χ1v) is 15.3. The zero-order valence-corrected chi connectivity index (χ0v) is 24.2. The summed E-state index contributed by atoms with van der Waals surface area (Å²) >= 11 is 3.44. The third-order valence-electron chi connectivity index (χ3n) is 6.46. The van der Waals surface area contributed by atoms with Crippen LogP contribution in [-0.4, -0.2) is 56.4 Å². The summed E-state index contributed by atoms with van der Waals surface area (Å²) in [6, 6.07) is 22.5.